The molecule has 0 aliphatic carbocycles. The van der Waals surface area contributed by atoms with Crippen molar-refractivity contribution in [1.29, 1.82) is 0 Å². The van der Waals surface area contributed by atoms with Gasteiger partial charge in [0.2, 0.25) is 5.91 Å². The van der Waals surface area contributed by atoms with E-state index < -0.39 is 10.0 Å². The highest BCUT2D eigenvalue weighted by atomic mass is 32.2. The molecule has 8 nitrogen and oxygen atoms in total. The van der Waals surface area contributed by atoms with Crippen LogP contribution in [0.5, 0.6) is 0 Å². The lowest BCUT2D eigenvalue weighted by atomic mass is 9.97. The molecule has 2 fully saturated rings. The van der Waals surface area contributed by atoms with Gasteiger partial charge in [-0.25, -0.2) is 13.4 Å². The number of aromatic nitrogens is 1. The van der Waals surface area contributed by atoms with Gasteiger partial charge >= 0.3 is 0 Å². The van der Waals surface area contributed by atoms with E-state index in [9.17, 15) is 18.0 Å². The topological polar surface area (TPSA) is 99.7 Å². The Balaban J connectivity index is 1.35. The largest absolute Gasteiger partial charge is 0.339 e. The number of rotatable bonds is 5. The molecule has 2 amide bonds. The number of likely N-dealkylation sites (tertiary alicyclic amines) is 1. The molecule has 0 saturated carbocycles. The summed E-state index contributed by atoms with van der Waals surface area (Å²) in [5.41, 5.74) is 1.30. The van der Waals surface area contributed by atoms with Gasteiger partial charge in [-0.2, -0.15) is 4.31 Å². The summed E-state index contributed by atoms with van der Waals surface area (Å²) in [6.07, 6.45) is 2.87. The Labute approximate surface area is 196 Å². The first-order chi connectivity index (χ1) is 15.2. The van der Waals surface area contributed by atoms with Crippen molar-refractivity contribution in [2.75, 3.05) is 31.5 Å². The molecule has 32 heavy (non-hydrogen) atoms. The minimum Gasteiger partial charge on any atom is -0.339 e. The number of hydrogen-bond donors (Lipinski definition) is 1. The third-order valence-electron chi connectivity index (χ3n) is 6.16. The van der Waals surface area contributed by atoms with Crippen molar-refractivity contribution in [3.8, 4) is 0 Å². The van der Waals surface area contributed by atoms with E-state index in [0.717, 1.165) is 29.9 Å². The molecule has 2 aliphatic heterocycles. The molecule has 1 N–H and O–H groups in total. The van der Waals surface area contributed by atoms with Crippen LogP contribution in [-0.2, 0) is 14.8 Å². The molecular weight excluding hydrogens is 468 g/mol. The van der Waals surface area contributed by atoms with Crippen molar-refractivity contribution in [2.45, 2.75) is 43.7 Å². The standard InChI is InChI=1S/C21H28N4O4S3/c1-14-3-7-24(8-4-14)20(27)17-11-18(30-13-17)32(28,29)25-9-5-16(6-10-25)19(26)23-21-22-15(2)12-31-21/h11-14,16H,3-10H2,1-2H3,(H,22,23,26). The molecule has 2 aromatic rings. The van der Waals surface area contributed by atoms with Crippen LogP contribution in [0.4, 0.5) is 5.13 Å². The number of hydrogen-bond acceptors (Lipinski definition) is 7. The first-order valence-electron chi connectivity index (χ1n) is 10.8. The molecule has 0 aromatic carbocycles. The minimum absolute atomic E-state index is 0.0950. The highest BCUT2D eigenvalue weighted by molar-refractivity contribution is 7.91. The number of carbonyl (C=O) groups is 2. The molecule has 4 rings (SSSR count). The zero-order chi connectivity index (χ0) is 22.9. The fraction of sp³-hybridized carbons (Fsp3) is 0.571. The van der Waals surface area contributed by atoms with Crippen LogP contribution in [0.25, 0.3) is 0 Å². The summed E-state index contributed by atoms with van der Waals surface area (Å²) in [4.78, 5) is 31.3. The van der Waals surface area contributed by atoms with Gasteiger partial charge in [-0.15, -0.1) is 22.7 Å². The summed E-state index contributed by atoms with van der Waals surface area (Å²) in [5.74, 6) is 0.166. The van der Waals surface area contributed by atoms with Crippen molar-refractivity contribution < 1.29 is 18.0 Å². The molecule has 2 aromatic heterocycles. The van der Waals surface area contributed by atoms with E-state index in [1.807, 2.05) is 17.2 Å². The van der Waals surface area contributed by atoms with E-state index in [1.54, 1.807) is 5.38 Å². The van der Waals surface area contributed by atoms with Crippen LogP contribution in [0.1, 0.15) is 48.7 Å². The van der Waals surface area contributed by atoms with Crippen molar-refractivity contribution >= 4 is 49.6 Å². The van der Waals surface area contributed by atoms with E-state index in [-0.39, 0.29) is 35.0 Å². The summed E-state index contributed by atoms with van der Waals surface area (Å²) in [6, 6.07) is 1.50. The summed E-state index contributed by atoms with van der Waals surface area (Å²) in [7, 11) is -3.68. The highest BCUT2D eigenvalue weighted by Crippen LogP contribution is 2.30. The van der Waals surface area contributed by atoms with Crippen LogP contribution >= 0.6 is 22.7 Å². The maximum Gasteiger partial charge on any atom is 0.254 e. The van der Waals surface area contributed by atoms with Gasteiger partial charge in [-0.3, -0.25) is 9.59 Å². The van der Waals surface area contributed by atoms with Gasteiger partial charge in [0.05, 0.1) is 11.3 Å². The smallest absolute Gasteiger partial charge is 0.254 e. The number of carbonyl (C=O) groups excluding carboxylic acids is 2. The molecular formula is C21H28N4O4S3. The summed E-state index contributed by atoms with van der Waals surface area (Å²) in [5, 5.41) is 6.91. The predicted molar refractivity (Wildman–Crippen MR) is 126 cm³/mol. The molecule has 4 heterocycles. The van der Waals surface area contributed by atoms with Gasteiger partial charge in [-0.05, 0) is 44.6 Å². The molecule has 0 radical (unpaired) electrons. The van der Waals surface area contributed by atoms with Crippen molar-refractivity contribution in [3.05, 3.63) is 28.1 Å². The van der Waals surface area contributed by atoms with Crippen LogP contribution in [0.3, 0.4) is 0 Å². The van der Waals surface area contributed by atoms with Crippen LogP contribution in [0, 0.1) is 18.8 Å². The highest BCUT2D eigenvalue weighted by Gasteiger charge is 2.34. The van der Waals surface area contributed by atoms with Crippen molar-refractivity contribution in [2.24, 2.45) is 11.8 Å². The van der Waals surface area contributed by atoms with Gasteiger partial charge < -0.3 is 10.2 Å². The maximum absolute atomic E-state index is 13.1. The molecule has 0 unspecified atom stereocenters. The Kier molecular flexibility index (Phi) is 6.99. The Bertz CT molecular complexity index is 1080. The number of amides is 2. The van der Waals surface area contributed by atoms with Gasteiger partial charge in [0.15, 0.2) is 5.13 Å². The van der Waals surface area contributed by atoms with Crippen LogP contribution in [0.2, 0.25) is 0 Å². The van der Waals surface area contributed by atoms with E-state index >= 15 is 0 Å². The van der Waals surface area contributed by atoms with Crippen LogP contribution < -0.4 is 5.32 Å². The average Bonchev–Trinajstić information content (AvgIpc) is 3.43. The number of nitrogens with zero attached hydrogens (tertiary/aromatic N) is 3. The maximum atomic E-state index is 13.1. The van der Waals surface area contributed by atoms with E-state index in [4.69, 9.17) is 0 Å². The summed E-state index contributed by atoms with van der Waals surface area (Å²) in [6.45, 7) is 6.04. The van der Waals surface area contributed by atoms with Crippen molar-refractivity contribution in [3.63, 3.8) is 0 Å². The third-order valence-corrected chi connectivity index (χ3v) is 10.4. The Hall–Kier alpha value is -1.82. The zero-order valence-electron chi connectivity index (χ0n) is 18.2. The third kappa shape index (κ3) is 5.05. The van der Waals surface area contributed by atoms with Crippen LogP contribution in [-0.4, -0.2) is 60.6 Å². The second-order valence-corrected chi connectivity index (χ2v) is 12.5. The number of thiophene rings is 1. The normalized spacial score (nSPS) is 19.2. The second kappa shape index (κ2) is 9.58. The SMILES string of the molecule is Cc1csc(NC(=O)C2CCN(S(=O)(=O)c3cc(C(=O)N4CCC(C)CC4)cs3)CC2)n1. The van der Waals surface area contributed by atoms with Gasteiger partial charge in [0.1, 0.15) is 4.21 Å². The van der Waals surface area contributed by atoms with E-state index in [2.05, 4.69) is 17.2 Å². The number of aryl methyl sites for hydroxylation is 1. The fourth-order valence-electron chi connectivity index (χ4n) is 4.06. The first-order valence-corrected chi connectivity index (χ1v) is 14.0. The predicted octanol–water partition coefficient (Wildman–Crippen LogP) is 3.42. The molecule has 0 atom stereocenters. The molecule has 2 aliphatic rings. The Morgan fingerprint density at radius 1 is 1.06 bits per heavy atom. The van der Waals surface area contributed by atoms with Gasteiger partial charge in [-0.1, -0.05) is 6.92 Å². The van der Waals surface area contributed by atoms with E-state index in [1.165, 1.54) is 21.7 Å². The number of thiazole rings is 1. The second-order valence-electron chi connectivity index (χ2n) is 8.59. The Morgan fingerprint density at radius 2 is 1.75 bits per heavy atom. The van der Waals surface area contributed by atoms with E-state index in [0.29, 0.717) is 42.5 Å². The fourth-order valence-corrected chi connectivity index (χ4v) is 7.53. The van der Waals surface area contributed by atoms with Gasteiger partial charge in [0, 0.05) is 42.9 Å². The lowest BCUT2D eigenvalue weighted by Gasteiger charge is -2.30. The number of nitrogens with one attached hydrogen (secondary N) is 1. The summed E-state index contributed by atoms with van der Waals surface area (Å²) >= 11 is 2.47. The molecule has 0 spiro atoms. The summed E-state index contributed by atoms with van der Waals surface area (Å²) < 4.78 is 27.8. The lowest BCUT2D eigenvalue weighted by Crippen LogP contribution is -2.41. The quantitative estimate of drug-likeness (QED) is 0.684. The molecule has 174 valence electrons. The lowest BCUT2D eigenvalue weighted by molar-refractivity contribution is -0.120. The average molecular weight is 497 g/mol. The monoisotopic (exact) mass is 496 g/mol. The number of anilines is 1. The molecule has 11 heteroatoms. The number of sulfonamides is 1. The minimum atomic E-state index is -3.68. The van der Waals surface area contributed by atoms with Crippen molar-refractivity contribution in [1.82, 2.24) is 14.2 Å². The van der Waals surface area contributed by atoms with Gasteiger partial charge in [0.25, 0.3) is 15.9 Å². The zero-order valence-corrected chi connectivity index (χ0v) is 20.7. The molecule has 2 saturated heterocycles. The Morgan fingerprint density at radius 3 is 2.38 bits per heavy atom. The van der Waals surface area contributed by atoms with Crippen LogP contribution in [0.15, 0.2) is 21.0 Å². The molecule has 0 bridgehead atoms. The number of piperidine rings is 2. The first kappa shape index (κ1) is 23.3.